The Bertz CT molecular complexity index is 350. The van der Waals surface area contributed by atoms with Crippen molar-refractivity contribution in [2.24, 2.45) is 0 Å². The van der Waals surface area contributed by atoms with E-state index in [1.165, 1.54) is 17.8 Å². The molecule has 1 aliphatic heterocycles. The zero-order chi connectivity index (χ0) is 10.7. The van der Waals surface area contributed by atoms with Gasteiger partial charge >= 0.3 is 6.09 Å². The molecule has 0 atom stereocenters. The van der Waals surface area contributed by atoms with Crippen LogP contribution in [0.5, 0.6) is 5.88 Å². The number of carbonyl (C=O) groups excluding carboxylic acids is 1. The highest BCUT2D eigenvalue weighted by Crippen LogP contribution is 2.21. The van der Waals surface area contributed by atoms with E-state index >= 15 is 0 Å². The van der Waals surface area contributed by atoms with E-state index in [0.717, 1.165) is 25.9 Å². The molecule has 0 unspecified atom stereocenters. The van der Waals surface area contributed by atoms with E-state index in [1.807, 2.05) is 0 Å². The molecular weight excluding hydrogens is 236 g/mol. The van der Waals surface area contributed by atoms with Crippen LogP contribution in [0.1, 0.15) is 19.3 Å². The fourth-order valence-corrected chi connectivity index (χ4v) is 2.17. The van der Waals surface area contributed by atoms with Crippen LogP contribution in [0.3, 0.4) is 0 Å². The SMILES string of the molecule is O=C(Oc1csc(Cl)n1)N1CCCCC1. The van der Waals surface area contributed by atoms with Gasteiger partial charge in [-0.3, -0.25) is 0 Å². The maximum atomic E-state index is 11.6. The molecule has 0 aromatic carbocycles. The van der Waals surface area contributed by atoms with Crippen molar-refractivity contribution in [1.82, 2.24) is 9.88 Å². The summed E-state index contributed by atoms with van der Waals surface area (Å²) in [6, 6.07) is 0. The Balaban J connectivity index is 1.91. The van der Waals surface area contributed by atoms with Crippen LogP contribution in [0, 0.1) is 0 Å². The van der Waals surface area contributed by atoms with Crippen LogP contribution in [0.4, 0.5) is 4.79 Å². The molecule has 4 nitrogen and oxygen atoms in total. The van der Waals surface area contributed by atoms with Gasteiger partial charge in [0, 0.05) is 13.1 Å². The lowest BCUT2D eigenvalue weighted by atomic mass is 10.1. The van der Waals surface area contributed by atoms with Crippen molar-refractivity contribution in [1.29, 1.82) is 0 Å². The first-order valence-corrected chi connectivity index (χ1v) is 6.09. The molecule has 82 valence electrons. The lowest BCUT2D eigenvalue weighted by Crippen LogP contribution is -2.37. The smallest absolute Gasteiger partial charge is 0.390 e. The topological polar surface area (TPSA) is 42.4 Å². The Hall–Kier alpha value is -0.810. The van der Waals surface area contributed by atoms with Gasteiger partial charge in [-0.2, -0.15) is 4.98 Å². The second-order valence-electron chi connectivity index (χ2n) is 3.35. The van der Waals surface area contributed by atoms with Crippen LogP contribution in [0.2, 0.25) is 4.47 Å². The van der Waals surface area contributed by atoms with Crippen molar-refractivity contribution in [3.8, 4) is 5.88 Å². The summed E-state index contributed by atoms with van der Waals surface area (Å²) < 4.78 is 5.46. The number of thiazole rings is 1. The van der Waals surface area contributed by atoms with Crippen molar-refractivity contribution in [3.05, 3.63) is 9.85 Å². The quantitative estimate of drug-likeness (QED) is 0.765. The molecule has 1 aromatic heterocycles. The molecule has 0 radical (unpaired) electrons. The maximum Gasteiger partial charge on any atom is 0.416 e. The summed E-state index contributed by atoms with van der Waals surface area (Å²) >= 11 is 6.88. The van der Waals surface area contributed by atoms with Gasteiger partial charge in [-0.1, -0.05) is 11.6 Å². The predicted octanol–water partition coefficient (Wildman–Crippen LogP) is 2.78. The molecule has 2 heterocycles. The average molecular weight is 247 g/mol. The second kappa shape index (κ2) is 4.81. The van der Waals surface area contributed by atoms with Crippen LogP contribution in [0.25, 0.3) is 0 Å². The molecule has 1 aliphatic rings. The van der Waals surface area contributed by atoms with Gasteiger partial charge in [0.05, 0.1) is 5.38 Å². The molecule has 1 aromatic rings. The van der Waals surface area contributed by atoms with Crippen LogP contribution < -0.4 is 4.74 Å². The number of hydrogen-bond donors (Lipinski definition) is 0. The standard InChI is InChI=1S/C9H11ClN2O2S/c10-8-11-7(6-15-8)14-9(13)12-4-2-1-3-5-12/h6H,1-5H2. The molecular formula is C9H11ClN2O2S. The van der Waals surface area contributed by atoms with E-state index in [4.69, 9.17) is 16.3 Å². The number of hydrogen-bond acceptors (Lipinski definition) is 4. The molecule has 0 spiro atoms. The molecule has 0 saturated carbocycles. The Kier molecular flexibility index (Phi) is 3.43. The summed E-state index contributed by atoms with van der Waals surface area (Å²) in [5, 5.41) is 1.63. The molecule has 1 saturated heterocycles. The highest BCUT2D eigenvalue weighted by Gasteiger charge is 2.19. The molecule has 15 heavy (non-hydrogen) atoms. The number of amides is 1. The largest absolute Gasteiger partial charge is 0.416 e. The fourth-order valence-electron chi connectivity index (χ4n) is 1.52. The minimum atomic E-state index is -0.323. The number of nitrogens with zero attached hydrogens (tertiary/aromatic N) is 2. The van der Waals surface area contributed by atoms with Crippen molar-refractivity contribution < 1.29 is 9.53 Å². The van der Waals surface area contributed by atoms with Crippen LogP contribution >= 0.6 is 22.9 Å². The summed E-state index contributed by atoms with van der Waals surface area (Å²) in [6.07, 6.45) is 2.96. The van der Waals surface area contributed by atoms with E-state index in [9.17, 15) is 4.79 Å². The van der Waals surface area contributed by atoms with E-state index in [2.05, 4.69) is 4.98 Å². The predicted molar refractivity (Wildman–Crippen MR) is 58.6 cm³/mol. The summed E-state index contributed by atoms with van der Waals surface area (Å²) in [5.41, 5.74) is 0. The minimum Gasteiger partial charge on any atom is -0.390 e. The molecule has 0 bridgehead atoms. The Morgan fingerprint density at radius 3 is 2.80 bits per heavy atom. The highest BCUT2D eigenvalue weighted by molar-refractivity contribution is 7.14. The second-order valence-corrected chi connectivity index (χ2v) is 4.79. The number of piperidine rings is 1. The summed E-state index contributed by atoms with van der Waals surface area (Å²) in [4.78, 5) is 17.2. The Labute approximate surface area is 96.8 Å². The number of halogens is 1. The van der Waals surface area contributed by atoms with Gasteiger partial charge in [-0.25, -0.2) is 4.79 Å². The zero-order valence-electron chi connectivity index (χ0n) is 8.11. The number of likely N-dealkylation sites (tertiary alicyclic amines) is 1. The first-order valence-electron chi connectivity index (χ1n) is 4.83. The van der Waals surface area contributed by atoms with Crippen LogP contribution in [-0.2, 0) is 0 Å². The van der Waals surface area contributed by atoms with E-state index < -0.39 is 0 Å². The average Bonchev–Trinajstić information content (AvgIpc) is 2.65. The van der Waals surface area contributed by atoms with Gasteiger partial charge < -0.3 is 9.64 Å². The van der Waals surface area contributed by atoms with Gasteiger partial charge in [0.1, 0.15) is 0 Å². The lowest BCUT2D eigenvalue weighted by Gasteiger charge is -2.25. The molecule has 2 rings (SSSR count). The van der Waals surface area contributed by atoms with Crippen molar-refractivity contribution in [2.45, 2.75) is 19.3 Å². The number of carbonyl (C=O) groups is 1. The highest BCUT2D eigenvalue weighted by atomic mass is 35.5. The summed E-state index contributed by atoms with van der Waals surface area (Å²) in [5.74, 6) is 0.292. The molecule has 1 fully saturated rings. The van der Waals surface area contributed by atoms with Gasteiger partial charge in [-0.15, -0.1) is 11.3 Å². The van der Waals surface area contributed by atoms with Gasteiger partial charge in [0.15, 0.2) is 4.47 Å². The molecule has 6 heteroatoms. The Morgan fingerprint density at radius 2 is 2.20 bits per heavy atom. The first-order chi connectivity index (χ1) is 7.25. The third-order valence-corrected chi connectivity index (χ3v) is 3.22. The molecule has 1 amide bonds. The summed E-state index contributed by atoms with van der Waals surface area (Å²) in [7, 11) is 0. The monoisotopic (exact) mass is 246 g/mol. The van der Waals surface area contributed by atoms with Crippen LogP contribution in [-0.4, -0.2) is 29.1 Å². The normalized spacial score (nSPS) is 16.5. The fraction of sp³-hybridized carbons (Fsp3) is 0.556. The van der Waals surface area contributed by atoms with Crippen molar-refractivity contribution in [2.75, 3.05) is 13.1 Å². The third kappa shape index (κ3) is 2.82. The number of ether oxygens (including phenoxy) is 1. The molecule has 0 N–H and O–H groups in total. The van der Waals surface area contributed by atoms with Gasteiger partial charge in [-0.05, 0) is 19.3 Å². The van der Waals surface area contributed by atoms with E-state index in [1.54, 1.807) is 10.3 Å². The van der Waals surface area contributed by atoms with E-state index in [0.29, 0.717) is 10.3 Å². The van der Waals surface area contributed by atoms with Crippen LogP contribution in [0.15, 0.2) is 5.38 Å². The summed E-state index contributed by atoms with van der Waals surface area (Å²) in [6.45, 7) is 1.55. The third-order valence-electron chi connectivity index (χ3n) is 2.26. The number of aromatic nitrogens is 1. The minimum absolute atomic E-state index is 0.292. The van der Waals surface area contributed by atoms with Crippen molar-refractivity contribution in [3.63, 3.8) is 0 Å². The van der Waals surface area contributed by atoms with E-state index in [-0.39, 0.29) is 6.09 Å². The zero-order valence-corrected chi connectivity index (χ0v) is 9.68. The van der Waals surface area contributed by atoms with Gasteiger partial charge in [0.25, 0.3) is 0 Å². The van der Waals surface area contributed by atoms with Gasteiger partial charge in [0.2, 0.25) is 5.88 Å². The maximum absolute atomic E-state index is 11.6. The molecule has 0 aliphatic carbocycles. The lowest BCUT2D eigenvalue weighted by molar-refractivity contribution is 0.141. The first kappa shape index (κ1) is 10.7. The van der Waals surface area contributed by atoms with Crippen molar-refractivity contribution >= 4 is 29.0 Å². The number of rotatable bonds is 1. The Morgan fingerprint density at radius 1 is 1.47 bits per heavy atom.